The SMILES string of the molecule is CC(=O)N[C@@H]1[C@@H](O[C@]2(C(=O)O)C[C@H](O)[C@@H](NC(C)=O)[C@H]([C@H](O)[C@H](O)CO)O2)[C@@H](O)[C@@H](CO)O[C@@H]1O. The molecule has 16 heteroatoms. The number of amides is 2. The van der Waals surface area contributed by atoms with Crippen molar-refractivity contribution < 1.29 is 69.4 Å². The Bertz CT molecular complexity index is 770. The summed E-state index contributed by atoms with van der Waals surface area (Å²) in [6.45, 7) is 0.311. The minimum atomic E-state index is -2.87. The normalized spacial score (nSPS) is 39.3. The van der Waals surface area contributed by atoms with Gasteiger partial charge in [-0.2, -0.15) is 0 Å². The van der Waals surface area contributed by atoms with Crippen LogP contribution in [0.3, 0.4) is 0 Å². The van der Waals surface area contributed by atoms with Crippen LogP contribution in [0.2, 0.25) is 0 Å². The lowest BCUT2D eigenvalue weighted by Gasteiger charge is -2.50. The number of nitrogens with one attached hydrogen (secondary N) is 2. The van der Waals surface area contributed by atoms with Crippen molar-refractivity contribution in [2.24, 2.45) is 0 Å². The fourth-order valence-electron chi connectivity index (χ4n) is 4.08. The van der Waals surface area contributed by atoms with Gasteiger partial charge < -0.3 is 65.7 Å². The number of aliphatic hydroxyl groups excluding tert-OH is 7. The van der Waals surface area contributed by atoms with Gasteiger partial charge in [-0.3, -0.25) is 9.59 Å². The van der Waals surface area contributed by atoms with E-state index in [1.807, 2.05) is 0 Å². The third-order valence-corrected chi connectivity index (χ3v) is 5.76. The van der Waals surface area contributed by atoms with E-state index >= 15 is 0 Å². The average Bonchev–Trinajstić information content (AvgIpc) is 2.78. The molecule has 16 nitrogen and oxygen atoms in total. The largest absolute Gasteiger partial charge is 0.477 e. The van der Waals surface area contributed by atoms with Crippen LogP contribution in [-0.4, -0.2) is 139 Å². The highest BCUT2D eigenvalue weighted by atomic mass is 16.7. The number of carboxylic acid groups (broad SMARTS) is 1. The van der Waals surface area contributed by atoms with Crippen LogP contribution in [0.1, 0.15) is 20.3 Å². The maximum absolute atomic E-state index is 12.3. The lowest BCUT2D eigenvalue weighted by molar-refractivity contribution is -0.352. The van der Waals surface area contributed by atoms with Gasteiger partial charge in [0.25, 0.3) is 5.79 Å². The van der Waals surface area contributed by atoms with E-state index in [4.69, 9.17) is 14.2 Å². The Hall–Kier alpha value is -1.99. The number of hydrogen-bond donors (Lipinski definition) is 10. The molecular formula is C19H32N2O14. The summed E-state index contributed by atoms with van der Waals surface area (Å²) < 4.78 is 16.1. The van der Waals surface area contributed by atoms with Crippen molar-refractivity contribution in [1.29, 1.82) is 0 Å². The molecule has 0 unspecified atom stereocenters. The smallest absolute Gasteiger partial charge is 0.364 e. The Kier molecular flexibility index (Phi) is 9.88. The van der Waals surface area contributed by atoms with Crippen LogP contribution >= 0.6 is 0 Å². The van der Waals surface area contributed by atoms with Gasteiger partial charge in [-0.15, -0.1) is 0 Å². The first-order chi connectivity index (χ1) is 16.3. The molecule has 0 aliphatic carbocycles. The van der Waals surface area contributed by atoms with Gasteiger partial charge in [0.1, 0.15) is 42.7 Å². The molecule has 2 aliphatic rings. The van der Waals surface area contributed by atoms with Crippen molar-refractivity contribution in [2.75, 3.05) is 13.2 Å². The number of hydrogen-bond acceptors (Lipinski definition) is 13. The molecular weight excluding hydrogens is 480 g/mol. The van der Waals surface area contributed by atoms with Gasteiger partial charge in [-0.05, 0) is 0 Å². The Morgan fingerprint density at radius 3 is 2.11 bits per heavy atom. The second-order valence-electron chi connectivity index (χ2n) is 8.43. The summed E-state index contributed by atoms with van der Waals surface area (Å²) >= 11 is 0. The van der Waals surface area contributed by atoms with Gasteiger partial charge in [0.05, 0.1) is 25.4 Å². The molecule has 2 heterocycles. The molecule has 0 radical (unpaired) electrons. The summed E-state index contributed by atoms with van der Waals surface area (Å²) in [5.74, 6) is -6.16. The fraction of sp³-hybridized carbons (Fsp3) is 0.842. The highest BCUT2D eigenvalue weighted by molar-refractivity contribution is 5.77. The molecule has 35 heavy (non-hydrogen) atoms. The Labute approximate surface area is 199 Å². The van der Waals surface area contributed by atoms with E-state index in [1.54, 1.807) is 0 Å². The molecule has 2 amide bonds. The summed E-state index contributed by atoms with van der Waals surface area (Å²) in [6, 6.07) is -3.02. The van der Waals surface area contributed by atoms with Crippen molar-refractivity contribution >= 4 is 17.8 Å². The van der Waals surface area contributed by atoms with Gasteiger partial charge in [0, 0.05) is 20.3 Å². The highest BCUT2D eigenvalue weighted by Gasteiger charge is 2.59. The zero-order valence-corrected chi connectivity index (χ0v) is 18.9. The van der Waals surface area contributed by atoms with Crippen LogP contribution in [-0.2, 0) is 28.6 Å². The molecule has 0 aromatic heterocycles. The van der Waals surface area contributed by atoms with Crippen molar-refractivity contribution in [1.82, 2.24) is 10.6 Å². The first kappa shape index (κ1) is 29.2. The summed E-state index contributed by atoms with van der Waals surface area (Å²) in [4.78, 5) is 35.6. The van der Waals surface area contributed by atoms with Crippen LogP contribution in [0.5, 0.6) is 0 Å². The third kappa shape index (κ3) is 6.42. The zero-order valence-electron chi connectivity index (χ0n) is 18.9. The van der Waals surface area contributed by atoms with Gasteiger partial charge in [-0.25, -0.2) is 4.79 Å². The number of carboxylic acids is 1. The minimum absolute atomic E-state index is 0.698. The first-order valence-electron chi connectivity index (χ1n) is 10.7. The minimum Gasteiger partial charge on any atom is -0.477 e. The second-order valence-corrected chi connectivity index (χ2v) is 8.43. The highest BCUT2D eigenvalue weighted by Crippen LogP contribution is 2.37. The van der Waals surface area contributed by atoms with Crippen molar-refractivity contribution in [3.63, 3.8) is 0 Å². The van der Waals surface area contributed by atoms with E-state index in [1.165, 1.54) is 0 Å². The number of ether oxygens (including phenoxy) is 3. The lowest BCUT2D eigenvalue weighted by atomic mass is 9.88. The molecule has 2 rings (SSSR count). The zero-order chi connectivity index (χ0) is 26.7. The Morgan fingerprint density at radius 1 is 1.06 bits per heavy atom. The maximum Gasteiger partial charge on any atom is 0.364 e. The Balaban J connectivity index is 2.50. The molecule has 2 saturated heterocycles. The van der Waals surface area contributed by atoms with Crippen molar-refractivity contribution in [3.8, 4) is 0 Å². The van der Waals surface area contributed by atoms with Gasteiger partial charge >= 0.3 is 5.97 Å². The van der Waals surface area contributed by atoms with Gasteiger partial charge in [0.15, 0.2) is 6.29 Å². The van der Waals surface area contributed by atoms with E-state index in [2.05, 4.69) is 10.6 Å². The number of aliphatic hydroxyl groups is 7. The molecule has 2 fully saturated rings. The van der Waals surface area contributed by atoms with Crippen LogP contribution in [0.4, 0.5) is 0 Å². The number of carbonyl (C=O) groups is 3. The lowest BCUT2D eigenvalue weighted by Crippen LogP contribution is -2.71. The summed E-state index contributed by atoms with van der Waals surface area (Å²) in [6.07, 6.45) is -15.4. The molecule has 0 saturated carbocycles. The van der Waals surface area contributed by atoms with Crippen LogP contribution in [0.15, 0.2) is 0 Å². The summed E-state index contributed by atoms with van der Waals surface area (Å²) in [5, 5.41) is 85.1. The van der Waals surface area contributed by atoms with E-state index in [0.717, 1.165) is 13.8 Å². The van der Waals surface area contributed by atoms with E-state index in [0.29, 0.717) is 0 Å². The van der Waals surface area contributed by atoms with E-state index in [-0.39, 0.29) is 0 Å². The standard InChI is InChI=1S/C19H32N2O14/c1-6(24)20-11-8(26)3-19(18(31)32,34-15(11)13(28)9(27)4-22)35-16-12(21-7(2)25)17(30)33-10(5-23)14(16)29/h8-17,22-23,26-30H,3-5H2,1-2H3,(H,20,24)(H,21,25)(H,31,32)/t8-,9+,10+,11+,12+,13+,14-,15+,16+,17-,19-/m0/s1. The molecule has 10 N–H and O–H groups in total. The maximum atomic E-state index is 12.3. The molecule has 0 spiro atoms. The fourth-order valence-corrected chi connectivity index (χ4v) is 4.08. The van der Waals surface area contributed by atoms with Crippen LogP contribution in [0, 0.1) is 0 Å². The predicted molar refractivity (Wildman–Crippen MR) is 109 cm³/mol. The predicted octanol–water partition coefficient (Wildman–Crippen LogP) is -5.90. The monoisotopic (exact) mass is 512 g/mol. The number of aliphatic carboxylic acids is 1. The first-order valence-corrected chi connectivity index (χ1v) is 10.7. The summed E-state index contributed by atoms with van der Waals surface area (Å²) in [5.41, 5.74) is 0. The average molecular weight is 512 g/mol. The van der Waals surface area contributed by atoms with Gasteiger partial charge in [-0.1, -0.05) is 0 Å². The topological polar surface area (TPSA) is 265 Å². The van der Waals surface area contributed by atoms with Crippen LogP contribution < -0.4 is 10.6 Å². The van der Waals surface area contributed by atoms with E-state index in [9.17, 15) is 55.2 Å². The van der Waals surface area contributed by atoms with E-state index < -0.39 is 104 Å². The summed E-state index contributed by atoms with van der Waals surface area (Å²) in [7, 11) is 0. The van der Waals surface area contributed by atoms with Gasteiger partial charge in [0.2, 0.25) is 11.8 Å². The van der Waals surface area contributed by atoms with Crippen LogP contribution in [0.25, 0.3) is 0 Å². The number of rotatable bonds is 9. The molecule has 0 bridgehead atoms. The van der Waals surface area contributed by atoms with Crippen molar-refractivity contribution in [2.45, 2.75) is 87.2 Å². The molecule has 0 aromatic carbocycles. The third-order valence-electron chi connectivity index (χ3n) is 5.76. The quantitative estimate of drug-likeness (QED) is 0.138. The Morgan fingerprint density at radius 2 is 1.63 bits per heavy atom. The number of carbonyl (C=O) groups excluding carboxylic acids is 2. The second kappa shape index (κ2) is 11.8. The molecule has 0 aromatic rings. The molecule has 202 valence electrons. The molecule has 2 aliphatic heterocycles. The molecule has 11 atom stereocenters. The van der Waals surface area contributed by atoms with Crippen molar-refractivity contribution in [3.05, 3.63) is 0 Å².